The topological polar surface area (TPSA) is 76.6 Å². The lowest BCUT2D eigenvalue weighted by molar-refractivity contribution is -0.0527. The summed E-state index contributed by atoms with van der Waals surface area (Å²) in [5.41, 5.74) is 1.77. The van der Waals surface area contributed by atoms with E-state index < -0.39 is 18.2 Å². The third-order valence-electron chi connectivity index (χ3n) is 4.84. The first kappa shape index (κ1) is 16.0. The third-order valence-corrected chi connectivity index (χ3v) is 4.84. The minimum absolute atomic E-state index is 0.266. The van der Waals surface area contributed by atoms with Gasteiger partial charge in [-0.15, -0.1) is 0 Å². The molecule has 1 heterocycles. The summed E-state index contributed by atoms with van der Waals surface area (Å²) < 4.78 is 13.4. The van der Waals surface area contributed by atoms with Crippen LogP contribution in [0.4, 0.5) is 4.39 Å². The number of rotatable bonds is 2. The average molecular weight is 320 g/mol. The number of aromatic amines is 1. The van der Waals surface area contributed by atoms with Gasteiger partial charge in [0.2, 0.25) is 0 Å². The maximum Gasteiger partial charge on any atom is 0.270 e. The van der Waals surface area contributed by atoms with Crippen LogP contribution in [0.1, 0.15) is 35.3 Å². The molecule has 1 fully saturated rings. The molecule has 23 heavy (non-hydrogen) atoms. The number of hydrogen-bond donors (Lipinski definition) is 3. The van der Waals surface area contributed by atoms with Crippen molar-refractivity contribution in [2.24, 2.45) is 0 Å². The standard InChI is InChI=1S/C17H21FN2O3/c1-9-11-8-10(18)6-7-12(11)19-15(9)17(23)20(2)13-4-3-5-14(21)16(13)22/h6-8,13-14,16,19,21-22H,3-5H2,1-2H3/t13-,14-,16-/m1/s1. The predicted octanol–water partition coefficient (Wildman–Crippen LogP) is 1.96. The van der Waals surface area contributed by atoms with Crippen LogP contribution in [0.3, 0.4) is 0 Å². The number of benzene rings is 1. The molecular formula is C17H21FN2O3. The van der Waals surface area contributed by atoms with Gasteiger partial charge in [-0.05, 0) is 49.9 Å². The van der Waals surface area contributed by atoms with Crippen LogP contribution in [-0.4, -0.2) is 51.3 Å². The van der Waals surface area contributed by atoms with Gasteiger partial charge < -0.3 is 20.1 Å². The Morgan fingerprint density at radius 3 is 2.83 bits per heavy atom. The van der Waals surface area contributed by atoms with Crippen LogP contribution >= 0.6 is 0 Å². The Balaban J connectivity index is 1.92. The van der Waals surface area contributed by atoms with Gasteiger partial charge in [0.15, 0.2) is 0 Å². The van der Waals surface area contributed by atoms with Gasteiger partial charge in [-0.2, -0.15) is 0 Å². The van der Waals surface area contributed by atoms with Crippen molar-refractivity contribution >= 4 is 16.8 Å². The minimum atomic E-state index is -0.945. The summed E-state index contributed by atoms with van der Waals surface area (Å²) in [4.78, 5) is 17.3. The highest BCUT2D eigenvalue weighted by Gasteiger charge is 2.36. The van der Waals surface area contributed by atoms with Crippen LogP contribution < -0.4 is 0 Å². The van der Waals surface area contributed by atoms with Crippen molar-refractivity contribution in [3.05, 3.63) is 35.3 Å². The maximum absolute atomic E-state index is 13.4. The van der Waals surface area contributed by atoms with E-state index >= 15 is 0 Å². The monoisotopic (exact) mass is 320 g/mol. The fourth-order valence-electron chi connectivity index (χ4n) is 3.40. The quantitative estimate of drug-likeness (QED) is 0.792. The van der Waals surface area contributed by atoms with Gasteiger partial charge in [0, 0.05) is 18.0 Å². The number of likely N-dealkylation sites (N-methyl/N-ethyl adjacent to an activating group) is 1. The number of amides is 1. The van der Waals surface area contributed by atoms with Gasteiger partial charge in [-0.1, -0.05) is 0 Å². The van der Waals surface area contributed by atoms with Crippen molar-refractivity contribution in [3.8, 4) is 0 Å². The smallest absolute Gasteiger partial charge is 0.270 e. The zero-order chi connectivity index (χ0) is 16.7. The summed E-state index contributed by atoms with van der Waals surface area (Å²) in [6.45, 7) is 1.77. The summed E-state index contributed by atoms with van der Waals surface area (Å²) in [6, 6.07) is 3.93. The van der Waals surface area contributed by atoms with E-state index in [1.54, 1.807) is 20.0 Å². The second-order valence-corrected chi connectivity index (χ2v) is 6.29. The molecule has 3 atom stereocenters. The molecular weight excluding hydrogens is 299 g/mol. The Morgan fingerprint density at radius 1 is 1.35 bits per heavy atom. The number of carbonyl (C=O) groups is 1. The molecule has 0 saturated heterocycles. The predicted molar refractivity (Wildman–Crippen MR) is 84.7 cm³/mol. The van der Waals surface area contributed by atoms with Crippen LogP contribution in [0.5, 0.6) is 0 Å². The Kier molecular flexibility index (Phi) is 4.12. The molecule has 3 N–H and O–H groups in total. The molecule has 1 aromatic carbocycles. The number of H-pyrrole nitrogens is 1. The maximum atomic E-state index is 13.4. The van der Waals surface area contributed by atoms with Crippen molar-refractivity contribution in [1.29, 1.82) is 0 Å². The molecule has 1 aliphatic rings. The molecule has 1 saturated carbocycles. The van der Waals surface area contributed by atoms with Crippen LogP contribution in [-0.2, 0) is 0 Å². The van der Waals surface area contributed by atoms with Crippen molar-refractivity contribution in [2.75, 3.05) is 7.05 Å². The van der Waals surface area contributed by atoms with Crippen molar-refractivity contribution < 1.29 is 19.4 Å². The van der Waals surface area contributed by atoms with E-state index in [1.165, 1.54) is 17.0 Å². The number of nitrogens with zero attached hydrogens (tertiary/aromatic N) is 1. The number of halogens is 1. The largest absolute Gasteiger partial charge is 0.390 e. The van der Waals surface area contributed by atoms with Gasteiger partial charge in [-0.25, -0.2) is 4.39 Å². The zero-order valence-electron chi connectivity index (χ0n) is 13.2. The molecule has 1 amide bonds. The number of hydrogen-bond acceptors (Lipinski definition) is 3. The summed E-state index contributed by atoms with van der Waals surface area (Å²) in [7, 11) is 1.62. The number of aliphatic hydroxyl groups is 2. The molecule has 1 aliphatic carbocycles. The second-order valence-electron chi connectivity index (χ2n) is 6.29. The Hall–Kier alpha value is -1.92. The summed E-state index contributed by atoms with van der Waals surface area (Å²) in [5, 5.41) is 20.6. The molecule has 0 aliphatic heterocycles. The summed E-state index contributed by atoms with van der Waals surface area (Å²) in [6.07, 6.45) is 0.206. The van der Waals surface area contributed by atoms with Gasteiger partial charge in [0.1, 0.15) is 17.6 Å². The van der Waals surface area contributed by atoms with Gasteiger partial charge in [-0.3, -0.25) is 4.79 Å². The highest BCUT2D eigenvalue weighted by Crippen LogP contribution is 2.27. The number of aromatic nitrogens is 1. The SMILES string of the molecule is Cc1c(C(=O)N(C)[C@@H]2CCC[C@@H](O)[C@@H]2O)[nH]c2ccc(F)cc12. The Bertz CT molecular complexity index is 743. The molecule has 3 rings (SSSR count). The first-order valence-corrected chi connectivity index (χ1v) is 7.81. The van der Waals surface area contributed by atoms with E-state index in [2.05, 4.69) is 4.98 Å². The molecule has 0 spiro atoms. The molecule has 0 unspecified atom stereocenters. The number of fused-ring (bicyclic) bond motifs is 1. The summed E-state index contributed by atoms with van der Waals surface area (Å²) >= 11 is 0. The number of aryl methyl sites for hydroxylation is 1. The van der Waals surface area contributed by atoms with E-state index in [1.807, 2.05) is 0 Å². The highest BCUT2D eigenvalue weighted by molar-refractivity contribution is 6.00. The van der Waals surface area contributed by atoms with Crippen LogP contribution in [0, 0.1) is 12.7 Å². The van der Waals surface area contributed by atoms with Gasteiger partial charge >= 0.3 is 0 Å². The van der Waals surface area contributed by atoms with E-state index in [0.717, 1.165) is 6.42 Å². The molecule has 0 bridgehead atoms. The number of carbonyl (C=O) groups excluding carboxylic acids is 1. The normalized spacial score (nSPS) is 24.8. The fraction of sp³-hybridized carbons (Fsp3) is 0.471. The van der Waals surface area contributed by atoms with Gasteiger partial charge in [0.05, 0.1) is 12.1 Å². The van der Waals surface area contributed by atoms with Crippen molar-refractivity contribution in [3.63, 3.8) is 0 Å². The lowest BCUT2D eigenvalue weighted by Crippen LogP contribution is -2.51. The van der Waals surface area contributed by atoms with Crippen molar-refractivity contribution in [2.45, 2.75) is 44.4 Å². The van der Waals surface area contributed by atoms with Crippen molar-refractivity contribution in [1.82, 2.24) is 9.88 Å². The summed E-state index contributed by atoms with van der Waals surface area (Å²) in [5.74, 6) is -0.616. The van der Waals surface area contributed by atoms with E-state index in [4.69, 9.17) is 0 Å². The minimum Gasteiger partial charge on any atom is -0.390 e. The van der Waals surface area contributed by atoms with E-state index in [9.17, 15) is 19.4 Å². The molecule has 2 aromatic rings. The molecule has 6 heteroatoms. The fourth-order valence-corrected chi connectivity index (χ4v) is 3.40. The highest BCUT2D eigenvalue weighted by atomic mass is 19.1. The lowest BCUT2D eigenvalue weighted by atomic mass is 9.89. The third kappa shape index (κ3) is 2.72. The molecule has 0 radical (unpaired) electrons. The van der Waals surface area contributed by atoms with Crippen LogP contribution in [0.15, 0.2) is 18.2 Å². The Morgan fingerprint density at radius 2 is 2.09 bits per heavy atom. The Labute approximate surface area is 133 Å². The molecule has 5 nitrogen and oxygen atoms in total. The zero-order valence-corrected chi connectivity index (χ0v) is 13.2. The number of nitrogens with one attached hydrogen (secondary N) is 1. The average Bonchev–Trinajstić information content (AvgIpc) is 2.85. The van der Waals surface area contributed by atoms with E-state index in [-0.39, 0.29) is 11.7 Å². The van der Waals surface area contributed by atoms with E-state index in [0.29, 0.717) is 35.0 Å². The first-order valence-electron chi connectivity index (χ1n) is 7.81. The second kappa shape index (κ2) is 5.94. The van der Waals surface area contributed by atoms with Crippen LogP contribution in [0.25, 0.3) is 10.9 Å². The molecule has 1 aromatic heterocycles. The van der Waals surface area contributed by atoms with Crippen LogP contribution in [0.2, 0.25) is 0 Å². The number of aliphatic hydroxyl groups excluding tert-OH is 2. The molecule has 124 valence electrons. The lowest BCUT2D eigenvalue weighted by Gasteiger charge is -2.37. The van der Waals surface area contributed by atoms with Gasteiger partial charge in [0.25, 0.3) is 5.91 Å². The first-order chi connectivity index (χ1) is 10.9.